The number of carbonyl (C=O) groups is 1. The lowest BCUT2D eigenvalue weighted by Crippen LogP contribution is -2.35. The van der Waals surface area contributed by atoms with Crippen LogP contribution >= 0.6 is 0 Å². The first kappa shape index (κ1) is 14.6. The van der Waals surface area contributed by atoms with Crippen molar-refractivity contribution in [1.82, 2.24) is 10.3 Å². The largest absolute Gasteiger partial charge is 0.441 e. The number of alkyl halides is 2. The predicted octanol–water partition coefficient (Wildman–Crippen LogP) is 2.59. The Morgan fingerprint density at radius 2 is 2.32 bits per heavy atom. The molecule has 1 aromatic heterocycles. The molecular formula is C15H15F2N3O2. The molecule has 1 amide bonds. The summed E-state index contributed by atoms with van der Waals surface area (Å²) in [6.45, 7) is 1.31. The number of benzene rings is 1. The minimum atomic E-state index is -2.83. The van der Waals surface area contributed by atoms with Crippen molar-refractivity contribution >= 4 is 11.6 Å². The van der Waals surface area contributed by atoms with Crippen molar-refractivity contribution in [2.45, 2.75) is 25.3 Å². The van der Waals surface area contributed by atoms with Crippen LogP contribution in [0.1, 0.15) is 12.2 Å². The smallest absolute Gasteiger partial charge is 0.262 e. The van der Waals surface area contributed by atoms with Gasteiger partial charge >= 0.3 is 0 Å². The third-order valence-corrected chi connectivity index (χ3v) is 3.42. The lowest BCUT2D eigenvalue weighted by atomic mass is 10.1. The Labute approximate surface area is 125 Å². The summed E-state index contributed by atoms with van der Waals surface area (Å²) in [5, 5.41) is 5.16. The van der Waals surface area contributed by atoms with E-state index in [4.69, 9.17) is 4.42 Å². The van der Waals surface area contributed by atoms with Crippen LogP contribution in [0.2, 0.25) is 0 Å². The number of aryl methyl sites for hydroxylation is 1. The Balaban J connectivity index is 1.72. The molecule has 1 atom stereocenters. The number of halogens is 2. The summed E-state index contributed by atoms with van der Waals surface area (Å²) in [4.78, 5) is 16.1. The Bertz CT molecular complexity index is 700. The molecule has 0 radical (unpaired) electrons. The van der Waals surface area contributed by atoms with E-state index in [1.165, 1.54) is 0 Å². The maximum absolute atomic E-state index is 13.1. The first-order valence-electron chi connectivity index (χ1n) is 6.88. The van der Waals surface area contributed by atoms with Crippen LogP contribution in [0.5, 0.6) is 0 Å². The highest BCUT2D eigenvalue weighted by Crippen LogP contribution is 2.26. The summed E-state index contributed by atoms with van der Waals surface area (Å²) in [7, 11) is 0. The van der Waals surface area contributed by atoms with Gasteiger partial charge in [0.05, 0.1) is 18.8 Å². The van der Waals surface area contributed by atoms with Crippen molar-refractivity contribution in [2.24, 2.45) is 0 Å². The van der Waals surface area contributed by atoms with Crippen LogP contribution in [-0.2, 0) is 4.79 Å². The molecule has 3 rings (SSSR count). The van der Waals surface area contributed by atoms with Crippen LogP contribution in [-0.4, -0.2) is 29.4 Å². The van der Waals surface area contributed by atoms with Gasteiger partial charge in [0.25, 0.3) is 5.92 Å². The monoisotopic (exact) mass is 307 g/mol. The highest BCUT2D eigenvalue weighted by molar-refractivity contribution is 5.95. The number of hydrogen-bond acceptors (Lipinski definition) is 4. The second kappa shape index (κ2) is 5.49. The zero-order valence-corrected chi connectivity index (χ0v) is 11.9. The molecule has 1 saturated heterocycles. The maximum Gasteiger partial charge on any atom is 0.262 e. The van der Waals surface area contributed by atoms with E-state index in [-0.39, 0.29) is 0 Å². The first-order chi connectivity index (χ1) is 10.4. The standard InChI is InChI=1S/C15H15F2N3O2/c1-9-7-18-14(22-9)10-3-2-4-11(5-10)20-13(21)12-6-15(16,17)8-19-12/h2-5,7,12,19H,6,8H2,1H3,(H,20,21). The molecule has 1 aromatic carbocycles. The van der Waals surface area contributed by atoms with Crippen LogP contribution in [0.25, 0.3) is 11.5 Å². The number of nitrogens with zero attached hydrogens (tertiary/aromatic N) is 1. The van der Waals surface area contributed by atoms with Crippen LogP contribution in [0.4, 0.5) is 14.5 Å². The van der Waals surface area contributed by atoms with Gasteiger partial charge in [0.15, 0.2) is 0 Å². The zero-order valence-electron chi connectivity index (χ0n) is 11.9. The van der Waals surface area contributed by atoms with Gasteiger partial charge in [-0.2, -0.15) is 0 Å². The molecule has 1 fully saturated rings. The normalized spacial score (nSPS) is 20.0. The molecule has 0 spiro atoms. The first-order valence-corrected chi connectivity index (χ1v) is 6.88. The lowest BCUT2D eigenvalue weighted by Gasteiger charge is -2.11. The SMILES string of the molecule is Cc1cnc(-c2cccc(NC(=O)C3CC(F)(F)CN3)c2)o1. The van der Waals surface area contributed by atoms with E-state index in [0.717, 1.165) is 0 Å². The van der Waals surface area contributed by atoms with E-state index in [2.05, 4.69) is 15.6 Å². The van der Waals surface area contributed by atoms with E-state index in [0.29, 0.717) is 22.9 Å². The maximum atomic E-state index is 13.1. The van der Waals surface area contributed by atoms with Crippen molar-refractivity contribution < 1.29 is 18.0 Å². The van der Waals surface area contributed by atoms with E-state index in [1.807, 2.05) is 0 Å². The molecule has 2 heterocycles. The van der Waals surface area contributed by atoms with E-state index in [1.54, 1.807) is 37.4 Å². The summed E-state index contributed by atoms with van der Waals surface area (Å²) < 4.78 is 31.7. The van der Waals surface area contributed by atoms with Crippen LogP contribution in [0, 0.1) is 6.92 Å². The zero-order chi connectivity index (χ0) is 15.7. The molecule has 2 aromatic rings. The second-order valence-electron chi connectivity index (χ2n) is 5.34. The molecule has 7 heteroatoms. The highest BCUT2D eigenvalue weighted by atomic mass is 19.3. The third-order valence-electron chi connectivity index (χ3n) is 3.42. The van der Waals surface area contributed by atoms with E-state index < -0.39 is 30.8 Å². The van der Waals surface area contributed by atoms with Crippen LogP contribution < -0.4 is 10.6 Å². The van der Waals surface area contributed by atoms with Crippen molar-refractivity contribution in [3.63, 3.8) is 0 Å². The van der Waals surface area contributed by atoms with Gasteiger partial charge in [-0.05, 0) is 25.1 Å². The van der Waals surface area contributed by atoms with Crippen LogP contribution in [0.15, 0.2) is 34.9 Å². The van der Waals surface area contributed by atoms with Gasteiger partial charge in [-0.1, -0.05) is 6.07 Å². The molecule has 116 valence electrons. The fourth-order valence-corrected chi connectivity index (χ4v) is 2.35. The number of oxazole rings is 1. The highest BCUT2D eigenvalue weighted by Gasteiger charge is 2.42. The number of nitrogens with one attached hydrogen (secondary N) is 2. The third kappa shape index (κ3) is 3.14. The minimum Gasteiger partial charge on any atom is -0.441 e. The van der Waals surface area contributed by atoms with Gasteiger partial charge in [0.2, 0.25) is 11.8 Å². The van der Waals surface area contributed by atoms with Gasteiger partial charge in [0.1, 0.15) is 5.76 Å². The number of aromatic nitrogens is 1. The minimum absolute atomic E-state index is 0.444. The Kier molecular flexibility index (Phi) is 3.66. The number of rotatable bonds is 3. The fraction of sp³-hybridized carbons (Fsp3) is 0.333. The van der Waals surface area contributed by atoms with Crippen molar-refractivity contribution in [3.05, 3.63) is 36.2 Å². The van der Waals surface area contributed by atoms with Gasteiger partial charge in [-0.25, -0.2) is 13.8 Å². The van der Waals surface area contributed by atoms with E-state index in [9.17, 15) is 13.6 Å². The number of anilines is 1. The predicted molar refractivity (Wildman–Crippen MR) is 76.7 cm³/mol. The summed E-state index contributed by atoms with van der Waals surface area (Å²) in [6, 6.07) is 6.02. The molecule has 1 aliphatic heterocycles. The topological polar surface area (TPSA) is 67.2 Å². The number of amides is 1. The summed E-state index contributed by atoms with van der Waals surface area (Å²) in [5.41, 5.74) is 1.21. The quantitative estimate of drug-likeness (QED) is 0.914. The molecule has 1 unspecified atom stereocenters. The summed E-state index contributed by atoms with van der Waals surface area (Å²) in [5.74, 6) is -2.18. The second-order valence-corrected chi connectivity index (χ2v) is 5.34. The molecule has 5 nitrogen and oxygen atoms in total. The summed E-state index contributed by atoms with van der Waals surface area (Å²) in [6.07, 6.45) is 1.11. The Morgan fingerprint density at radius 3 is 2.95 bits per heavy atom. The Morgan fingerprint density at radius 1 is 1.50 bits per heavy atom. The van der Waals surface area contributed by atoms with Crippen molar-refractivity contribution in [3.8, 4) is 11.5 Å². The molecule has 0 bridgehead atoms. The van der Waals surface area contributed by atoms with E-state index >= 15 is 0 Å². The van der Waals surface area contributed by atoms with Crippen molar-refractivity contribution in [1.29, 1.82) is 0 Å². The molecule has 22 heavy (non-hydrogen) atoms. The number of hydrogen-bond donors (Lipinski definition) is 2. The molecular weight excluding hydrogens is 292 g/mol. The fourth-order valence-electron chi connectivity index (χ4n) is 2.35. The molecule has 1 aliphatic rings. The lowest BCUT2D eigenvalue weighted by molar-refractivity contribution is -0.118. The average molecular weight is 307 g/mol. The van der Waals surface area contributed by atoms with Gasteiger partial charge in [-0.3, -0.25) is 10.1 Å². The number of carbonyl (C=O) groups excluding carboxylic acids is 1. The van der Waals surface area contributed by atoms with Gasteiger partial charge in [0, 0.05) is 17.7 Å². The van der Waals surface area contributed by atoms with Gasteiger partial charge < -0.3 is 9.73 Å². The van der Waals surface area contributed by atoms with Crippen LogP contribution in [0.3, 0.4) is 0 Å². The van der Waals surface area contributed by atoms with Gasteiger partial charge in [-0.15, -0.1) is 0 Å². The molecule has 0 aliphatic carbocycles. The molecule has 2 N–H and O–H groups in total. The summed E-state index contributed by atoms with van der Waals surface area (Å²) >= 11 is 0. The average Bonchev–Trinajstić information content (AvgIpc) is 3.05. The Hall–Kier alpha value is -2.28. The van der Waals surface area contributed by atoms with Crippen molar-refractivity contribution in [2.75, 3.05) is 11.9 Å². The molecule has 0 saturated carbocycles.